The van der Waals surface area contributed by atoms with Crippen molar-refractivity contribution in [3.8, 4) is 0 Å². The van der Waals surface area contributed by atoms with Crippen LogP contribution in [0.25, 0.3) is 0 Å². The SMILES string of the molecule is NCc1ccc(Cl)cc1CNC(=O)[C@@H]1CCCN1C(=O)[C@@H](CC(=O)N1CCOCC1)NS(=O)(=O)Cc1ccccc1. The molecule has 222 valence electrons. The number of sulfonamides is 1. The van der Waals surface area contributed by atoms with E-state index in [9.17, 15) is 22.8 Å². The maximum absolute atomic E-state index is 13.8. The smallest absolute Gasteiger partial charge is 0.243 e. The van der Waals surface area contributed by atoms with E-state index >= 15 is 0 Å². The molecule has 0 unspecified atom stereocenters. The molecule has 0 aromatic heterocycles. The summed E-state index contributed by atoms with van der Waals surface area (Å²) < 4.78 is 34.0. The minimum atomic E-state index is -4.00. The van der Waals surface area contributed by atoms with Gasteiger partial charge in [0.05, 0.1) is 25.4 Å². The summed E-state index contributed by atoms with van der Waals surface area (Å²) in [6, 6.07) is 11.7. The van der Waals surface area contributed by atoms with Crippen molar-refractivity contribution in [3.05, 3.63) is 70.2 Å². The Morgan fingerprint density at radius 3 is 2.49 bits per heavy atom. The van der Waals surface area contributed by atoms with Crippen LogP contribution in [-0.2, 0) is 48.0 Å². The fourth-order valence-corrected chi connectivity index (χ4v) is 6.64. The molecule has 2 aromatic carbocycles. The van der Waals surface area contributed by atoms with Crippen molar-refractivity contribution in [2.45, 2.75) is 50.2 Å². The van der Waals surface area contributed by atoms with E-state index in [0.29, 0.717) is 49.7 Å². The second-order valence-electron chi connectivity index (χ2n) is 10.1. The molecule has 2 atom stereocenters. The Bertz CT molecular complexity index is 1340. The number of hydrogen-bond donors (Lipinski definition) is 3. The molecule has 0 radical (unpaired) electrons. The third kappa shape index (κ3) is 8.49. The molecule has 4 N–H and O–H groups in total. The first-order chi connectivity index (χ1) is 19.7. The van der Waals surface area contributed by atoms with E-state index < -0.39 is 28.0 Å². The number of nitrogens with two attached hydrogens (primary N) is 1. The van der Waals surface area contributed by atoms with Crippen molar-refractivity contribution in [2.75, 3.05) is 32.8 Å². The zero-order valence-corrected chi connectivity index (χ0v) is 24.3. The zero-order valence-electron chi connectivity index (χ0n) is 22.8. The van der Waals surface area contributed by atoms with Gasteiger partial charge in [-0.25, -0.2) is 13.1 Å². The summed E-state index contributed by atoms with van der Waals surface area (Å²) in [7, 11) is -4.00. The number of rotatable bonds is 11. The number of nitrogens with zero attached hydrogens (tertiary/aromatic N) is 2. The number of benzene rings is 2. The Kier molecular flexibility index (Phi) is 10.7. The van der Waals surface area contributed by atoms with Crippen molar-refractivity contribution in [3.63, 3.8) is 0 Å². The molecule has 0 saturated carbocycles. The van der Waals surface area contributed by atoms with Crippen LogP contribution in [-0.4, -0.2) is 80.9 Å². The highest BCUT2D eigenvalue weighted by molar-refractivity contribution is 7.88. The number of nitrogens with one attached hydrogen (secondary N) is 2. The van der Waals surface area contributed by atoms with Crippen molar-refractivity contribution >= 4 is 39.3 Å². The lowest BCUT2D eigenvalue weighted by atomic mass is 10.1. The molecule has 2 aromatic rings. The zero-order chi connectivity index (χ0) is 29.4. The summed E-state index contributed by atoms with van der Waals surface area (Å²) >= 11 is 6.12. The summed E-state index contributed by atoms with van der Waals surface area (Å²) in [5, 5.41) is 3.38. The molecule has 2 aliphatic rings. The van der Waals surface area contributed by atoms with Gasteiger partial charge in [0.25, 0.3) is 0 Å². The molecule has 2 fully saturated rings. The summed E-state index contributed by atoms with van der Waals surface area (Å²) in [6.45, 7) is 2.18. The number of ether oxygens (including phenoxy) is 1. The Morgan fingerprint density at radius 1 is 1.05 bits per heavy atom. The van der Waals surface area contributed by atoms with Gasteiger partial charge in [-0.1, -0.05) is 48.0 Å². The molecule has 3 amide bonds. The number of carbonyl (C=O) groups is 3. The maximum atomic E-state index is 13.8. The highest BCUT2D eigenvalue weighted by Crippen LogP contribution is 2.22. The van der Waals surface area contributed by atoms with Gasteiger partial charge in [-0.3, -0.25) is 14.4 Å². The lowest BCUT2D eigenvalue weighted by Gasteiger charge is -2.31. The molecule has 11 nitrogen and oxygen atoms in total. The van der Waals surface area contributed by atoms with Crippen molar-refractivity contribution in [1.29, 1.82) is 0 Å². The Labute approximate surface area is 245 Å². The van der Waals surface area contributed by atoms with Gasteiger partial charge in [-0.05, 0) is 41.7 Å². The fourth-order valence-electron chi connectivity index (χ4n) is 5.11. The Hall–Kier alpha value is -3.03. The Balaban J connectivity index is 1.49. The second-order valence-corrected chi connectivity index (χ2v) is 12.3. The van der Waals surface area contributed by atoms with E-state index in [4.69, 9.17) is 22.1 Å². The van der Waals surface area contributed by atoms with Gasteiger partial charge in [0, 0.05) is 37.7 Å². The van der Waals surface area contributed by atoms with Crippen LogP contribution in [0.1, 0.15) is 36.0 Å². The van der Waals surface area contributed by atoms with Gasteiger partial charge < -0.3 is 25.6 Å². The lowest BCUT2D eigenvalue weighted by molar-refractivity contribution is -0.143. The van der Waals surface area contributed by atoms with Crippen LogP contribution in [0.5, 0.6) is 0 Å². The largest absolute Gasteiger partial charge is 0.378 e. The van der Waals surface area contributed by atoms with Crippen LogP contribution in [0, 0.1) is 0 Å². The van der Waals surface area contributed by atoms with Crippen LogP contribution in [0.2, 0.25) is 5.02 Å². The first-order valence-electron chi connectivity index (χ1n) is 13.6. The average molecular weight is 606 g/mol. The summed E-state index contributed by atoms with van der Waals surface area (Å²) in [5.41, 5.74) is 7.96. The summed E-state index contributed by atoms with van der Waals surface area (Å²) in [5.74, 6) is -1.68. The molecule has 13 heteroatoms. The van der Waals surface area contributed by atoms with E-state index in [0.717, 1.165) is 11.1 Å². The summed E-state index contributed by atoms with van der Waals surface area (Å²) in [4.78, 5) is 43.1. The van der Waals surface area contributed by atoms with Crippen molar-refractivity contribution < 1.29 is 27.5 Å². The van der Waals surface area contributed by atoms with E-state index in [1.165, 1.54) is 4.90 Å². The average Bonchev–Trinajstić information content (AvgIpc) is 3.46. The van der Waals surface area contributed by atoms with E-state index in [1.807, 2.05) is 0 Å². The minimum Gasteiger partial charge on any atom is -0.378 e. The number of halogens is 1. The second kappa shape index (κ2) is 14.2. The number of amides is 3. The topological polar surface area (TPSA) is 151 Å². The highest BCUT2D eigenvalue weighted by atomic mass is 35.5. The van der Waals surface area contributed by atoms with Gasteiger partial charge in [0.1, 0.15) is 12.1 Å². The van der Waals surface area contributed by atoms with E-state index in [-0.39, 0.29) is 43.6 Å². The molecule has 2 aliphatic heterocycles. The quantitative estimate of drug-likeness (QED) is 0.347. The van der Waals surface area contributed by atoms with Gasteiger partial charge in [0.15, 0.2) is 0 Å². The van der Waals surface area contributed by atoms with Crippen molar-refractivity contribution in [1.82, 2.24) is 19.8 Å². The van der Waals surface area contributed by atoms with Crippen molar-refractivity contribution in [2.24, 2.45) is 5.73 Å². The predicted molar refractivity (Wildman–Crippen MR) is 154 cm³/mol. The van der Waals surface area contributed by atoms with Crippen LogP contribution in [0.4, 0.5) is 0 Å². The molecule has 0 bridgehead atoms. The number of morpholine rings is 1. The molecule has 41 heavy (non-hydrogen) atoms. The molecule has 4 rings (SSSR count). The van der Waals surface area contributed by atoms with Crippen LogP contribution in [0.3, 0.4) is 0 Å². The van der Waals surface area contributed by atoms with Gasteiger partial charge in [-0.2, -0.15) is 0 Å². The normalized spacial score (nSPS) is 18.2. The molecule has 2 heterocycles. The first kappa shape index (κ1) is 30.9. The lowest BCUT2D eigenvalue weighted by Crippen LogP contribution is -2.55. The van der Waals surface area contributed by atoms with E-state index in [2.05, 4.69) is 10.0 Å². The third-order valence-corrected chi connectivity index (χ3v) is 8.83. The molecular formula is C28H36ClN5O6S. The molecular weight excluding hydrogens is 570 g/mol. The monoisotopic (exact) mass is 605 g/mol. The number of carbonyl (C=O) groups excluding carboxylic acids is 3. The highest BCUT2D eigenvalue weighted by Gasteiger charge is 2.39. The third-order valence-electron chi connectivity index (χ3n) is 7.24. The van der Waals surface area contributed by atoms with Gasteiger partial charge in [0.2, 0.25) is 27.7 Å². The van der Waals surface area contributed by atoms with E-state index in [1.54, 1.807) is 53.4 Å². The predicted octanol–water partition coefficient (Wildman–Crippen LogP) is 1.14. The standard InChI is InChI=1S/C28H36ClN5O6S/c29-23-9-8-21(17-30)22(15-23)18-31-27(36)25-7-4-10-34(25)28(37)24(16-26(35)33-11-13-40-14-12-33)32-41(38,39)19-20-5-2-1-3-6-20/h1-3,5-6,8-9,15,24-25,32H,4,7,10-14,16-19,30H2,(H,31,36)/t24-,25+/m1/s1. The van der Waals surface area contributed by atoms with Crippen LogP contribution < -0.4 is 15.8 Å². The first-order valence-corrected chi connectivity index (χ1v) is 15.6. The Morgan fingerprint density at radius 2 is 1.78 bits per heavy atom. The molecule has 0 spiro atoms. The van der Waals surface area contributed by atoms with Gasteiger partial charge in [-0.15, -0.1) is 0 Å². The fraction of sp³-hybridized carbons (Fsp3) is 0.464. The maximum Gasteiger partial charge on any atom is 0.243 e. The van der Waals surface area contributed by atoms with Crippen LogP contribution in [0.15, 0.2) is 48.5 Å². The van der Waals surface area contributed by atoms with Crippen LogP contribution >= 0.6 is 11.6 Å². The number of hydrogen-bond acceptors (Lipinski definition) is 7. The molecule has 0 aliphatic carbocycles. The number of likely N-dealkylation sites (tertiary alicyclic amines) is 1. The molecule has 2 saturated heterocycles. The summed E-state index contributed by atoms with van der Waals surface area (Å²) in [6.07, 6.45) is 0.619. The van der Waals surface area contributed by atoms with Gasteiger partial charge >= 0.3 is 0 Å². The minimum absolute atomic E-state index is 0.174.